The number of hydrogen-bond donors (Lipinski definition) is 2. The van der Waals surface area contributed by atoms with E-state index in [1.807, 2.05) is 24.3 Å². The third kappa shape index (κ3) is 3.54. The summed E-state index contributed by atoms with van der Waals surface area (Å²) in [5.74, 6) is -0.376. The number of benzene rings is 2. The first-order valence-electron chi connectivity index (χ1n) is 9.07. The van der Waals surface area contributed by atoms with Gasteiger partial charge in [-0.15, -0.1) is 0 Å². The monoisotopic (exact) mass is 380 g/mol. The number of para-hydroxylation sites is 4. The van der Waals surface area contributed by atoms with Gasteiger partial charge in [0.05, 0.1) is 35.6 Å². The normalized spacial score (nSPS) is 14.2. The van der Waals surface area contributed by atoms with Crippen molar-refractivity contribution in [3.63, 3.8) is 0 Å². The van der Waals surface area contributed by atoms with Crippen molar-refractivity contribution in [1.82, 2.24) is 9.55 Å². The van der Waals surface area contributed by atoms with E-state index in [2.05, 4.69) is 15.2 Å². The summed E-state index contributed by atoms with van der Waals surface area (Å²) in [6, 6.07) is 14.4. The van der Waals surface area contributed by atoms with E-state index in [0.29, 0.717) is 29.9 Å². The lowest BCUT2D eigenvalue weighted by atomic mass is 10.2. The van der Waals surface area contributed by atoms with E-state index < -0.39 is 11.1 Å². The molecule has 3 aromatic rings. The Balaban J connectivity index is 1.61. The molecule has 1 aliphatic rings. The molecule has 8 nitrogen and oxygen atoms in total. The number of amides is 1. The number of hydrogen-bond acceptors (Lipinski definition) is 5. The lowest BCUT2D eigenvalue weighted by Crippen LogP contribution is -2.39. The highest BCUT2D eigenvalue weighted by molar-refractivity contribution is 5.95. The second-order valence-corrected chi connectivity index (χ2v) is 6.53. The average molecular weight is 380 g/mol. The summed E-state index contributed by atoms with van der Waals surface area (Å²) >= 11 is 0. The summed E-state index contributed by atoms with van der Waals surface area (Å²) < 4.78 is 6.58. The summed E-state index contributed by atoms with van der Waals surface area (Å²) in [5, 5.41) is 2.87. The number of aromatic nitrogens is 2. The quantitative estimate of drug-likeness (QED) is 0.663. The maximum Gasteiger partial charge on any atom is 0.317 e. The molecule has 0 unspecified atom stereocenters. The van der Waals surface area contributed by atoms with E-state index >= 15 is 0 Å². The minimum atomic E-state index is -0.754. The van der Waals surface area contributed by atoms with Crippen LogP contribution in [0.4, 0.5) is 11.4 Å². The van der Waals surface area contributed by atoms with Gasteiger partial charge in [-0.2, -0.15) is 0 Å². The Labute approximate surface area is 160 Å². The Bertz CT molecular complexity index is 1130. The van der Waals surface area contributed by atoms with Gasteiger partial charge in [0.15, 0.2) is 0 Å². The fraction of sp³-hybridized carbons (Fsp3) is 0.250. The molecule has 2 heterocycles. The predicted octanol–water partition coefficient (Wildman–Crippen LogP) is 1.17. The van der Waals surface area contributed by atoms with Gasteiger partial charge in [0.1, 0.15) is 6.54 Å². The Morgan fingerprint density at radius 3 is 2.57 bits per heavy atom. The molecule has 144 valence electrons. The number of nitrogens with zero attached hydrogens (tertiary/aromatic N) is 2. The summed E-state index contributed by atoms with van der Waals surface area (Å²) in [4.78, 5) is 41.6. The lowest BCUT2D eigenvalue weighted by Gasteiger charge is -2.30. The minimum Gasteiger partial charge on any atom is -0.378 e. The Morgan fingerprint density at radius 2 is 1.75 bits per heavy atom. The number of anilines is 2. The van der Waals surface area contributed by atoms with Crippen molar-refractivity contribution in [2.75, 3.05) is 36.5 Å². The number of H-pyrrole nitrogens is 1. The van der Waals surface area contributed by atoms with Gasteiger partial charge < -0.3 is 19.9 Å². The van der Waals surface area contributed by atoms with Crippen LogP contribution < -0.4 is 21.3 Å². The van der Waals surface area contributed by atoms with Gasteiger partial charge in [-0.05, 0) is 24.3 Å². The Morgan fingerprint density at radius 1 is 1.04 bits per heavy atom. The van der Waals surface area contributed by atoms with Crippen LogP contribution in [0, 0.1) is 0 Å². The van der Waals surface area contributed by atoms with Gasteiger partial charge in [-0.1, -0.05) is 24.3 Å². The van der Waals surface area contributed by atoms with Crippen LogP contribution in [-0.2, 0) is 16.1 Å². The standard InChI is InChI=1S/C20H20N4O4/c25-18(13-24-17-8-4-2-6-15(17)22-19(26)20(24)27)21-14-5-1-3-7-16(14)23-9-11-28-12-10-23/h1-8H,9-13H2,(H,21,25)(H,22,26). The Hall–Kier alpha value is -3.39. The van der Waals surface area contributed by atoms with Gasteiger partial charge in [0, 0.05) is 13.1 Å². The number of aromatic amines is 1. The molecule has 1 saturated heterocycles. The molecule has 0 atom stereocenters. The van der Waals surface area contributed by atoms with E-state index in [0.717, 1.165) is 18.8 Å². The van der Waals surface area contributed by atoms with Crippen LogP contribution in [0.15, 0.2) is 58.1 Å². The van der Waals surface area contributed by atoms with E-state index in [1.165, 1.54) is 4.57 Å². The molecule has 4 rings (SSSR count). The van der Waals surface area contributed by atoms with Crippen LogP contribution in [0.2, 0.25) is 0 Å². The second-order valence-electron chi connectivity index (χ2n) is 6.53. The van der Waals surface area contributed by atoms with E-state index in [9.17, 15) is 14.4 Å². The molecule has 1 amide bonds. The molecule has 0 bridgehead atoms. The molecule has 2 aromatic carbocycles. The molecule has 2 N–H and O–H groups in total. The lowest BCUT2D eigenvalue weighted by molar-refractivity contribution is -0.116. The largest absolute Gasteiger partial charge is 0.378 e. The molecular formula is C20H20N4O4. The van der Waals surface area contributed by atoms with Crippen molar-refractivity contribution in [1.29, 1.82) is 0 Å². The molecule has 1 aliphatic heterocycles. The number of rotatable bonds is 4. The van der Waals surface area contributed by atoms with Crippen molar-refractivity contribution in [2.45, 2.75) is 6.54 Å². The van der Waals surface area contributed by atoms with Crippen molar-refractivity contribution in [3.05, 3.63) is 69.2 Å². The first kappa shape index (κ1) is 18.0. The topological polar surface area (TPSA) is 96.4 Å². The van der Waals surface area contributed by atoms with Crippen molar-refractivity contribution in [3.8, 4) is 0 Å². The number of fused-ring (bicyclic) bond motifs is 1. The SMILES string of the molecule is O=C(Cn1c(=O)c(=O)[nH]c2ccccc21)Nc1ccccc1N1CCOCC1. The van der Waals surface area contributed by atoms with Gasteiger partial charge >= 0.3 is 11.1 Å². The van der Waals surface area contributed by atoms with Gasteiger partial charge in [-0.3, -0.25) is 19.0 Å². The number of nitrogens with one attached hydrogen (secondary N) is 2. The first-order valence-corrected chi connectivity index (χ1v) is 9.07. The van der Waals surface area contributed by atoms with Gasteiger partial charge in [0.25, 0.3) is 0 Å². The highest BCUT2D eigenvalue weighted by Crippen LogP contribution is 2.26. The van der Waals surface area contributed by atoms with E-state index in [-0.39, 0.29) is 12.5 Å². The molecule has 1 aromatic heterocycles. The molecule has 0 aliphatic carbocycles. The third-order valence-electron chi connectivity index (χ3n) is 4.71. The van der Waals surface area contributed by atoms with Gasteiger partial charge in [0.2, 0.25) is 5.91 Å². The summed E-state index contributed by atoms with van der Waals surface area (Å²) in [6.45, 7) is 2.50. The van der Waals surface area contributed by atoms with Crippen molar-refractivity contribution >= 4 is 28.3 Å². The molecule has 8 heteroatoms. The number of carbonyl (C=O) groups excluding carboxylic acids is 1. The van der Waals surface area contributed by atoms with Crippen LogP contribution >= 0.6 is 0 Å². The van der Waals surface area contributed by atoms with E-state index in [1.54, 1.807) is 24.3 Å². The predicted molar refractivity (Wildman–Crippen MR) is 107 cm³/mol. The van der Waals surface area contributed by atoms with Crippen LogP contribution in [0.1, 0.15) is 0 Å². The Kier molecular flexibility index (Phi) is 4.94. The molecule has 28 heavy (non-hydrogen) atoms. The van der Waals surface area contributed by atoms with Crippen LogP contribution in [0.5, 0.6) is 0 Å². The molecule has 0 radical (unpaired) electrons. The second kappa shape index (κ2) is 7.69. The summed E-state index contributed by atoms with van der Waals surface area (Å²) in [5.41, 5.74) is 1.08. The van der Waals surface area contributed by atoms with Crippen molar-refractivity contribution in [2.24, 2.45) is 0 Å². The first-order chi connectivity index (χ1) is 13.6. The summed E-state index contributed by atoms with van der Waals surface area (Å²) in [6.07, 6.45) is 0. The van der Waals surface area contributed by atoms with Crippen LogP contribution in [-0.4, -0.2) is 41.8 Å². The minimum absolute atomic E-state index is 0.249. The van der Waals surface area contributed by atoms with Crippen LogP contribution in [0.3, 0.4) is 0 Å². The zero-order valence-corrected chi connectivity index (χ0v) is 15.2. The number of morpholine rings is 1. The molecule has 0 spiro atoms. The highest BCUT2D eigenvalue weighted by Gasteiger charge is 2.17. The maximum atomic E-state index is 12.7. The average Bonchev–Trinajstić information content (AvgIpc) is 2.72. The third-order valence-corrected chi connectivity index (χ3v) is 4.71. The molecule has 0 saturated carbocycles. The highest BCUT2D eigenvalue weighted by atomic mass is 16.5. The molecule has 1 fully saturated rings. The zero-order chi connectivity index (χ0) is 19.5. The van der Waals surface area contributed by atoms with E-state index in [4.69, 9.17) is 4.74 Å². The smallest absolute Gasteiger partial charge is 0.317 e. The van der Waals surface area contributed by atoms with Crippen LogP contribution in [0.25, 0.3) is 11.0 Å². The molecular weight excluding hydrogens is 360 g/mol. The van der Waals surface area contributed by atoms with Crippen molar-refractivity contribution < 1.29 is 9.53 Å². The summed E-state index contributed by atoms with van der Waals surface area (Å²) in [7, 11) is 0. The van der Waals surface area contributed by atoms with Gasteiger partial charge in [-0.25, -0.2) is 0 Å². The number of carbonyl (C=O) groups is 1. The maximum absolute atomic E-state index is 12.7. The fourth-order valence-corrected chi connectivity index (χ4v) is 3.37. The number of ether oxygens (including phenoxy) is 1. The fourth-order valence-electron chi connectivity index (χ4n) is 3.37. The zero-order valence-electron chi connectivity index (χ0n) is 15.2.